The van der Waals surface area contributed by atoms with E-state index < -0.39 is 0 Å². The Hall–Kier alpha value is -3.02. The van der Waals surface area contributed by atoms with E-state index in [9.17, 15) is 14.7 Å². The van der Waals surface area contributed by atoms with Crippen molar-refractivity contribution in [1.82, 2.24) is 0 Å². The van der Waals surface area contributed by atoms with Gasteiger partial charge in [0.05, 0.1) is 13.2 Å². The van der Waals surface area contributed by atoms with E-state index in [-0.39, 0.29) is 24.8 Å². The van der Waals surface area contributed by atoms with Crippen LogP contribution in [0.15, 0.2) is 72.8 Å². The van der Waals surface area contributed by atoms with E-state index in [0.29, 0.717) is 36.2 Å². The largest absolute Gasteiger partial charge is 0.462 e. The van der Waals surface area contributed by atoms with Crippen molar-refractivity contribution in [3.05, 3.63) is 95.1 Å². The maximum atomic E-state index is 11.7. The summed E-state index contributed by atoms with van der Waals surface area (Å²) in [5.74, 6) is 3.37. The molecule has 1 unspecified atom stereocenters. The first-order chi connectivity index (χ1) is 24.8. The molecule has 4 rings (SSSR count). The minimum atomic E-state index is -0.311. The maximum Gasteiger partial charge on any atom is 0.333 e. The number of aliphatic hydroxyl groups excluding tert-OH is 2. The molecule has 5 nitrogen and oxygen atoms in total. The van der Waals surface area contributed by atoms with Crippen LogP contribution < -0.4 is 0 Å². The predicted molar refractivity (Wildman–Crippen MR) is 211 cm³/mol. The summed E-state index contributed by atoms with van der Waals surface area (Å²) < 4.78 is 5.30. The van der Waals surface area contributed by atoms with Crippen molar-refractivity contribution in [1.29, 1.82) is 0 Å². The summed E-state index contributed by atoms with van der Waals surface area (Å²) in [6, 6.07) is 19.0. The van der Waals surface area contributed by atoms with Crippen LogP contribution in [0.4, 0.5) is 0 Å². The van der Waals surface area contributed by atoms with E-state index in [1.165, 1.54) is 107 Å². The number of aryl methyl sites for hydroxylation is 1. The number of aliphatic hydroxyl groups is 2. The molecule has 0 amide bonds. The van der Waals surface area contributed by atoms with Crippen LogP contribution in [0.25, 0.3) is 0 Å². The topological polar surface area (TPSA) is 83.8 Å². The minimum Gasteiger partial charge on any atom is -0.462 e. The first-order valence-electron chi connectivity index (χ1n) is 20.1. The number of aldehydes is 1. The second kappa shape index (κ2) is 24.3. The number of esters is 1. The summed E-state index contributed by atoms with van der Waals surface area (Å²) in [4.78, 5) is 21.2. The molecule has 2 fully saturated rings. The molecular formula is C46H68O5. The van der Waals surface area contributed by atoms with Crippen molar-refractivity contribution in [3.8, 4) is 0 Å². The van der Waals surface area contributed by atoms with Gasteiger partial charge in [0.1, 0.15) is 6.29 Å². The molecule has 0 saturated heterocycles. The molecule has 0 radical (unpaired) electrons. The van der Waals surface area contributed by atoms with Gasteiger partial charge in [-0.2, -0.15) is 0 Å². The molecule has 0 bridgehead atoms. The molecule has 2 aromatic rings. The van der Waals surface area contributed by atoms with E-state index in [4.69, 9.17) is 9.84 Å². The zero-order valence-corrected chi connectivity index (χ0v) is 32.0. The number of rotatable bonds is 20. The zero-order valence-electron chi connectivity index (χ0n) is 32.0. The fraction of sp³-hybridized carbons (Fsp3) is 0.609. The van der Waals surface area contributed by atoms with Crippen LogP contribution in [0.3, 0.4) is 0 Å². The lowest BCUT2D eigenvalue weighted by molar-refractivity contribution is -0.139. The third-order valence-corrected chi connectivity index (χ3v) is 11.4. The summed E-state index contributed by atoms with van der Waals surface area (Å²) in [7, 11) is 0. The molecule has 2 saturated carbocycles. The Kier molecular flexibility index (Phi) is 20.2. The smallest absolute Gasteiger partial charge is 0.333 e. The Balaban J connectivity index is 0.00000107. The average molecular weight is 701 g/mol. The molecular weight excluding hydrogens is 633 g/mol. The highest BCUT2D eigenvalue weighted by molar-refractivity contribution is 5.86. The lowest BCUT2D eigenvalue weighted by Gasteiger charge is -2.30. The molecule has 282 valence electrons. The van der Waals surface area contributed by atoms with E-state index >= 15 is 0 Å². The van der Waals surface area contributed by atoms with Gasteiger partial charge in [-0.25, -0.2) is 4.79 Å². The summed E-state index contributed by atoms with van der Waals surface area (Å²) in [5, 5.41) is 17.4. The van der Waals surface area contributed by atoms with E-state index in [1.54, 1.807) is 12.5 Å². The van der Waals surface area contributed by atoms with Crippen molar-refractivity contribution in [2.45, 2.75) is 147 Å². The molecule has 1 atom stereocenters. The molecule has 0 spiro atoms. The van der Waals surface area contributed by atoms with Gasteiger partial charge >= 0.3 is 5.97 Å². The first kappa shape index (κ1) is 42.4. The summed E-state index contributed by atoms with van der Waals surface area (Å²) in [6.45, 7) is 11.2. The molecule has 51 heavy (non-hydrogen) atoms. The predicted octanol–water partition coefficient (Wildman–Crippen LogP) is 10.9. The molecule has 2 aliphatic rings. The van der Waals surface area contributed by atoms with Gasteiger partial charge in [0.2, 0.25) is 0 Å². The second-order valence-corrected chi connectivity index (χ2v) is 15.4. The molecule has 2 aliphatic carbocycles. The third kappa shape index (κ3) is 15.6. The Labute approximate surface area is 310 Å². The van der Waals surface area contributed by atoms with Gasteiger partial charge in [0, 0.05) is 17.8 Å². The Morgan fingerprint density at radius 1 is 0.784 bits per heavy atom. The van der Waals surface area contributed by atoms with Crippen LogP contribution >= 0.6 is 0 Å². The molecule has 5 heteroatoms. The van der Waals surface area contributed by atoms with Gasteiger partial charge in [-0.1, -0.05) is 120 Å². The quantitative estimate of drug-likeness (QED) is 0.0622. The minimum absolute atomic E-state index is 0.214. The van der Waals surface area contributed by atoms with Crippen LogP contribution in [-0.2, 0) is 20.7 Å². The maximum absolute atomic E-state index is 11.7. The molecule has 2 aromatic carbocycles. The summed E-state index contributed by atoms with van der Waals surface area (Å²) >= 11 is 0. The van der Waals surface area contributed by atoms with Crippen molar-refractivity contribution in [2.75, 3.05) is 19.8 Å². The van der Waals surface area contributed by atoms with Crippen LogP contribution in [0, 0.1) is 11.8 Å². The Morgan fingerprint density at radius 2 is 1.33 bits per heavy atom. The van der Waals surface area contributed by atoms with E-state index in [0.717, 1.165) is 37.5 Å². The van der Waals surface area contributed by atoms with Gasteiger partial charge in [-0.3, -0.25) is 4.79 Å². The van der Waals surface area contributed by atoms with Gasteiger partial charge in [-0.05, 0) is 123 Å². The fourth-order valence-corrected chi connectivity index (χ4v) is 8.09. The lowest BCUT2D eigenvalue weighted by Crippen LogP contribution is -2.15. The Morgan fingerprint density at radius 3 is 1.82 bits per heavy atom. The van der Waals surface area contributed by atoms with Crippen LogP contribution in [-0.4, -0.2) is 42.3 Å². The number of hydrogen-bond acceptors (Lipinski definition) is 5. The van der Waals surface area contributed by atoms with Crippen molar-refractivity contribution < 1.29 is 24.5 Å². The van der Waals surface area contributed by atoms with Gasteiger partial charge in [0.25, 0.3) is 0 Å². The SMILES string of the molecule is C=C(C)C(=O)OCCCC(CCCO)c1ccc(C2CCC(c3ccc(CCC4CCC(CCCCC)CC4)cc3)CC2)cc1.C=C(C=O)CO. The normalized spacial score (nSPS) is 20.8. The van der Waals surface area contributed by atoms with E-state index in [1.807, 2.05) is 0 Å². The standard InChI is InChI=1S/C42H62O3.C4H6O2/c1-4-5-6-9-33-12-14-34(15-13-33)16-17-35-18-20-37(21-19-35)39-26-28-41(29-27-39)40-24-22-38(23-25-40)36(10-7-30-43)11-8-31-45-42(44)32(2)3;1-4(2-5)3-6/h18-25,33-34,36,39,41,43H,2,4-17,26-31H2,1,3H3;2,6H,1,3H2. The highest BCUT2D eigenvalue weighted by Crippen LogP contribution is 2.41. The summed E-state index contributed by atoms with van der Waals surface area (Å²) in [5.41, 5.74) is 6.54. The van der Waals surface area contributed by atoms with Crippen LogP contribution in [0.1, 0.15) is 163 Å². The monoisotopic (exact) mass is 701 g/mol. The molecule has 0 aliphatic heterocycles. The number of benzene rings is 2. The second-order valence-electron chi connectivity index (χ2n) is 15.4. The highest BCUT2D eigenvalue weighted by atomic mass is 16.5. The number of unbranched alkanes of at least 4 members (excludes halogenated alkanes) is 2. The van der Waals surface area contributed by atoms with Crippen molar-refractivity contribution >= 4 is 12.3 Å². The van der Waals surface area contributed by atoms with Crippen LogP contribution in [0.2, 0.25) is 0 Å². The molecule has 0 heterocycles. The Bertz CT molecular complexity index is 1280. The van der Waals surface area contributed by atoms with Gasteiger partial charge in [-0.15, -0.1) is 0 Å². The zero-order chi connectivity index (χ0) is 36.8. The van der Waals surface area contributed by atoms with Crippen LogP contribution in [0.5, 0.6) is 0 Å². The summed E-state index contributed by atoms with van der Waals surface area (Å²) in [6.07, 6.45) is 23.3. The molecule has 0 aromatic heterocycles. The average Bonchev–Trinajstić information content (AvgIpc) is 3.17. The highest BCUT2D eigenvalue weighted by Gasteiger charge is 2.24. The number of carbonyl (C=O) groups is 2. The van der Waals surface area contributed by atoms with Gasteiger partial charge < -0.3 is 14.9 Å². The van der Waals surface area contributed by atoms with Gasteiger partial charge in [0.15, 0.2) is 0 Å². The number of ether oxygens (including phenoxy) is 1. The fourth-order valence-electron chi connectivity index (χ4n) is 8.09. The first-order valence-corrected chi connectivity index (χ1v) is 20.1. The molecule has 2 N–H and O–H groups in total. The third-order valence-electron chi connectivity index (χ3n) is 11.4. The van der Waals surface area contributed by atoms with Crippen molar-refractivity contribution in [3.63, 3.8) is 0 Å². The lowest BCUT2D eigenvalue weighted by atomic mass is 9.75. The van der Waals surface area contributed by atoms with Crippen molar-refractivity contribution in [2.24, 2.45) is 11.8 Å². The van der Waals surface area contributed by atoms with E-state index in [2.05, 4.69) is 68.6 Å². The number of hydrogen-bond donors (Lipinski definition) is 2. The number of carbonyl (C=O) groups excluding carboxylic acids is 2.